The number of anilines is 1. The molecule has 0 aliphatic heterocycles. The normalized spacial score (nSPS) is 11.8. The molecule has 0 radical (unpaired) electrons. The molecule has 0 fully saturated rings. The van der Waals surface area contributed by atoms with E-state index in [0.29, 0.717) is 10.4 Å². The molecule has 0 saturated heterocycles. The Morgan fingerprint density at radius 1 is 1.08 bits per heavy atom. The second kappa shape index (κ2) is 6.65. The van der Waals surface area contributed by atoms with Gasteiger partial charge in [0.15, 0.2) is 0 Å². The van der Waals surface area contributed by atoms with Crippen LogP contribution in [0.1, 0.15) is 25.0 Å². The highest BCUT2D eigenvalue weighted by atomic mass is 32.2. The quantitative estimate of drug-likeness (QED) is 0.741. The molecule has 7 heteroatoms. The lowest BCUT2D eigenvalue weighted by Crippen LogP contribution is -2.15. The van der Waals surface area contributed by atoms with Crippen molar-refractivity contribution in [1.82, 2.24) is 4.57 Å². The third-order valence-corrected chi connectivity index (χ3v) is 6.65. The van der Waals surface area contributed by atoms with Gasteiger partial charge in [0.05, 0.1) is 20.8 Å². The first kappa shape index (κ1) is 17.7. The minimum atomic E-state index is -3.73. The maximum absolute atomic E-state index is 12.9. The number of benzene rings is 2. The van der Waals surface area contributed by atoms with Crippen LogP contribution in [0.4, 0.5) is 5.69 Å². The maximum Gasteiger partial charge on any atom is 0.307 e. The number of aromatic nitrogens is 1. The van der Waals surface area contributed by atoms with Gasteiger partial charge in [-0.25, -0.2) is 8.42 Å². The van der Waals surface area contributed by atoms with Gasteiger partial charge in [0.25, 0.3) is 10.0 Å². The predicted molar refractivity (Wildman–Crippen MR) is 103 cm³/mol. The fourth-order valence-corrected chi connectivity index (χ4v) is 5.01. The number of hydrogen-bond donors (Lipinski definition) is 1. The van der Waals surface area contributed by atoms with Crippen molar-refractivity contribution >= 4 is 37.3 Å². The lowest BCUT2D eigenvalue weighted by molar-refractivity contribution is 0.601. The zero-order valence-corrected chi connectivity index (χ0v) is 16.0. The molecule has 0 unspecified atom stereocenters. The number of aryl methyl sites for hydroxylation is 3. The van der Waals surface area contributed by atoms with Gasteiger partial charge in [0.2, 0.25) is 0 Å². The van der Waals surface area contributed by atoms with Gasteiger partial charge in [-0.15, -0.1) is 0 Å². The van der Waals surface area contributed by atoms with Crippen LogP contribution in [0.3, 0.4) is 0 Å². The molecule has 132 valence electrons. The van der Waals surface area contributed by atoms with Crippen LogP contribution in [0.2, 0.25) is 0 Å². The Balaban J connectivity index is 2.07. The van der Waals surface area contributed by atoms with Crippen molar-refractivity contribution < 1.29 is 8.42 Å². The molecule has 0 aliphatic rings. The maximum atomic E-state index is 12.9. The summed E-state index contributed by atoms with van der Waals surface area (Å²) < 4.78 is 30.7. The molecular weight excluding hydrogens is 356 g/mol. The minimum absolute atomic E-state index is 0.109. The predicted octanol–water partition coefficient (Wildman–Crippen LogP) is 3.53. The van der Waals surface area contributed by atoms with Crippen molar-refractivity contribution in [3.8, 4) is 0 Å². The molecule has 3 aromatic rings. The molecule has 0 amide bonds. The zero-order valence-electron chi connectivity index (χ0n) is 14.4. The van der Waals surface area contributed by atoms with Crippen molar-refractivity contribution in [2.75, 3.05) is 4.72 Å². The van der Waals surface area contributed by atoms with E-state index < -0.39 is 10.0 Å². The average molecular weight is 377 g/mol. The summed E-state index contributed by atoms with van der Waals surface area (Å²) in [7, 11) is -2.05. The summed E-state index contributed by atoms with van der Waals surface area (Å²) in [4.78, 5) is 11.8. The van der Waals surface area contributed by atoms with Crippen LogP contribution in [0.15, 0.2) is 46.1 Å². The van der Waals surface area contributed by atoms with Gasteiger partial charge in [-0.2, -0.15) is 0 Å². The lowest BCUT2D eigenvalue weighted by atomic mass is 10.0. The first-order valence-corrected chi connectivity index (χ1v) is 10.4. The Morgan fingerprint density at radius 2 is 1.72 bits per heavy atom. The number of thiazole rings is 1. The van der Waals surface area contributed by atoms with Crippen molar-refractivity contribution in [3.63, 3.8) is 0 Å². The van der Waals surface area contributed by atoms with E-state index >= 15 is 0 Å². The summed E-state index contributed by atoms with van der Waals surface area (Å²) >= 11 is 1.05. The molecule has 0 spiro atoms. The average Bonchev–Trinajstić information content (AvgIpc) is 2.88. The van der Waals surface area contributed by atoms with E-state index in [0.717, 1.165) is 40.8 Å². The third-order valence-electron chi connectivity index (χ3n) is 4.31. The van der Waals surface area contributed by atoms with E-state index in [-0.39, 0.29) is 9.77 Å². The number of hydrogen-bond acceptors (Lipinski definition) is 4. The summed E-state index contributed by atoms with van der Waals surface area (Å²) in [6.07, 6.45) is 1.48. The Labute approximate surface area is 151 Å². The van der Waals surface area contributed by atoms with Gasteiger partial charge in [-0.3, -0.25) is 9.52 Å². The van der Waals surface area contributed by atoms with Crippen LogP contribution in [-0.4, -0.2) is 13.0 Å². The number of nitrogens with zero attached hydrogens (tertiary/aromatic N) is 1. The van der Waals surface area contributed by atoms with Crippen molar-refractivity contribution in [3.05, 3.63) is 57.2 Å². The molecule has 3 rings (SSSR count). The highest BCUT2D eigenvalue weighted by Gasteiger charge is 2.19. The van der Waals surface area contributed by atoms with Crippen LogP contribution >= 0.6 is 11.3 Å². The molecule has 1 N–H and O–H groups in total. The van der Waals surface area contributed by atoms with Crippen LogP contribution < -0.4 is 9.60 Å². The van der Waals surface area contributed by atoms with Gasteiger partial charge in [0.1, 0.15) is 0 Å². The number of fused-ring (bicyclic) bond motifs is 1. The summed E-state index contributed by atoms with van der Waals surface area (Å²) in [6.45, 7) is 4.00. The van der Waals surface area contributed by atoms with Crippen LogP contribution in [0, 0.1) is 0 Å². The highest BCUT2D eigenvalue weighted by molar-refractivity contribution is 7.92. The molecule has 1 heterocycles. The van der Waals surface area contributed by atoms with Gasteiger partial charge >= 0.3 is 4.87 Å². The first-order chi connectivity index (χ1) is 11.9. The standard InChI is InChI=1S/C18H20N2O3S2/c1-4-12-7-6-8-13(5-2)17(12)19-25(22,23)14-9-10-15-16(11-14)24-18(21)20(15)3/h6-11,19H,4-5H2,1-3H3. The van der Waals surface area contributed by atoms with Crippen molar-refractivity contribution in [2.24, 2.45) is 7.05 Å². The minimum Gasteiger partial charge on any atom is -0.302 e. The Morgan fingerprint density at radius 3 is 2.32 bits per heavy atom. The number of para-hydroxylation sites is 1. The van der Waals surface area contributed by atoms with Crippen LogP contribution in [0.5, 0.6) is 0 Å². The number of sulfonamides is 1. The smallest absolute Gasteiger partial charge is 0.302 e. The Hall–Kier alpha value is -2.12. The highest BCUT2D eigenvalue weighted by Crippen LogP contribution is 2.27. The van der Waals surface area contributed by atoms with Gasteiger partial charge < -0.3 is 4.57 Å². The third kappa shape index (κ3) is 3.21. The summed E-state index contributed by atoms with van der Waals surface area (Å²) in [5.41, 5.74) is 3.33. The number of nitrogens with one attached hydrogen (secondary N) is 1. The fraction of sp³-hybridized carbons (Fsp3) is 0.278. The second-order valence-corrected chi connectivity index (χ2v) is 8.50. The van der Waals surface area contributed by atoms with Gasteiger partial charge in [-0.1, -0.05) is 43.4 Å². The van der Waals surface area contributed by atoms with E-state index in [1.807, 2.05) is 32.0 Å². The van der Waals surface area contributed by atoms with Crippen LogP contribution in [0.25, 0.3) is 10.2 Å². The van der Waals surface area contributed by atoms with Crippen molar-refractivity contribution in [2.45, 2.75) is 31.6 Å². The van der Waals surface area contributed by atoms with E-state index in [4.69, 9.17) is 0 Å². The molecule has 1 aromatic heterocycles. The Kier molecular flexibility index (Phi) is 4.71. The molecule has 5 nitrogen and oxygen atoms in total. The van der Waals surface area contributed by atoms with Crippen molar-refractivity contribution in [1.29, 1.82) is 0 Å². The molecule has 0 aliphatic carbocycles. The molecule has 25 heavy (non-hydrogen) atoms. The van der Waals surface area contributed by atoms with Gasteiger partial charge in [0, 0.05) is 7.05 Å². The second-order valence-electron chi connectivity index (χ2n) is 5.82. The largest absolute Gasteiger partial charge is 0.307 e. The van der Waals surface area contributed by atoms with E-state index in [1.165, 1.54) is 10.6 Å². The first-order valence-electron chi connectivity index (χ1n) is 8.10. The van der Waals surface area contributed by atoms with E-state index in [2.05, 4.69) is 4.72 Å². The summed E-state index contributed by atoms with van der Waals surface area (Å²) in [5, 5.41) is 0. The van der Waals surface area contributed by atoms with E-state index in [9.17, 15) is 13.2 Å². The molecular formula is C18H20N2O3S2. The summed E-state index contributed by atoms with van der Waals surface area (Å²) in [5.74, 6) is 0. The molecule has 2 aromatic carbocycles. The van der Waals surface area contributed by atoms with Gasteiger partial charge in [-0.05, 0) is 42.2 Å². The fourth-order valence-electron chi connectivity index (χ4n) is 2.85. The lowest BCUT2D eigenvalue weighted by Gasteiger charge is -2.15. The number of rotatable bonds is 5. The monoisotopic (exact) mass is 376 g/mol. The summed E-state index contributed by atoms with van der Waals surface area (Å²) in [6, 6.07) is 10.6. The van der Waals surface area contributed by atoms with Crippen LogP contribution in [-0.2, 0) is 29.9 Å². The molecule has 0 atom stereocenters. The molecule has 0 bridgehead atoms. The zero-order chi connectivity index (χ0) is 18.2. The van der Waals surface area contributed by atoms with E-state index in [1.54, 1.807) is 19.2 Å². The topological polar surface area (TPSA) is 68.2 Å². The Bertz CT molecular complexity index is 1070. The molecule has 0 saturated carbocycles. The SMILES string of the molecule is CCc1cccc(CC)c1NS(=O)(=O)c1ccc2c(c1)sc(=O)n2C.